The largest absolute Gasteiger partial charge is 0.493 e. The summed E-state index contributed by atoms with van der Waals surface area (Å²) in [6.07, 6.45) is 0. The predicted molar refractivity (Wildman–Crippen MR) is 102 cm³/mol. The number of ether oxygens (including phenoxy) is 2. The topological polar surface area (TPSA) is 73.6 Å². The molecule has 0 aromatic heterocycles. The molecule has 7 heteroatoms. The van der Waals surface area contributed by atoms with Crippen LogP contribution in [0.15, 0.2) is 42.5 Å². The third-order valence-corrected chi connectivity index (χ3v) is 3.77. The molecule has 5 nitrogen and oxygen atoms in total. The zero-order chi connectivity index (χ0) is 17.5. The summed E-state index contributed by atoms with van der Waals surface area (Å²) in [7, 11) is 1.50. The van der Waals surface area contributed by atoms with Crippen LogP contribution in [0.5, 0.6) is 11.5 Å². The van der Waals surface area contributed by atoms with E-state index in [9.17, 15) is 4.79 Å². The lowest BCUT2D eigenvalue weighted by Gasteiger charge is -2.15. The molecule has 0 heterocycles. The lowest BCUT2D eigenvalue weighted by atomic mass is 10.1. The molecule has 0 saturated carbocycles. The Kier molecular flexibility index (Phi) is 8.55. The molecule has 1 unspecified atom stereocenters. The van der Waals surface area contributed by atoms with Crippen LogP contribution in [0, 0.1) is 0 Å². The second kappa shape index (κ2) is 10.1. The highest BCUT2D eigenvalue weighted by Gasteiger charge is 2.16. The first kappa shape index (κ1) is 21.1. The average Bonchev–Trinajstić information content (AvgIpc) is 2.61. The molecular formula is C18H22Cl2N2O3. The number of methoxy groups -OCH3 is 1. The Bertz CT molecular complexity index is 696. The van der Waals surface area contributed by atoms with Crippen LogP contribution in [0.1, 0.15) is 28.9 Å². The van der Waals surface area contributed by atoms with Crippen molar-refractivity contribution in [1.82, 2.24) is 5.32 Å². The molecule has 2 aromatic rings. The fourth-order valence-electron chi connectivity index (χ4n) is 2.26. The first-order valence-electron chi connectivity index (χ1n) is 7.65. The number of halogens is 2. The molecule has 0 bridgehead atoms. The van der Waals surface area contributed by atoms with Gasteiger partial charge in [0.2, 0.25) is 0 Å². The van der Waals surface area contributed by atoms with Crippen molar-refractivity contribution < 1.29 is 14.3 Å². The summed E-state index contributed by atoms with van der Waals surface area (Å²) in [6, 6.07) is 12.5. The van der Waals surface area contributed by atoms with Gasteiger partial charge >= 0.3 is 0 Å². The van der Waals surface area contributed by atoms with Gasteiger partial charge in [0.05, 0.1) is 18.7 Å². The van der Waals surface area contributed by atoms with Crippen molar-refractivity contribution in [1.29, 1.82) is 0 Å². The Morgan fingerprint density at radius 2 is 1.96 bits per heavy atom. The number of benzene rings is 2. The second-order valence-corrected chi connectivity index (χ2v) is 5.56. The summed E-state index contributed by atoms with van der Waals surface area (Å²) in [5.74, 6) is 0.575. The van der Waals surface area contributed by atoms with Crippen molar-refractivity contribution in [3.63, 3.8) is 0 Å². The van der Waals surface area contributed by atoms with E-state index in [4.69, 9.17) is 26.8 Å². The fourth-order valence-corrected chi connectivity index (χ4v) is 2.52. The van der Waals surface area contributed by atoms with E-state index in [1.165, 1.54) is 7.11 Å². The Hall–Kier alpha value is -1.95. The van der Waals surface area contributed by atoms with E-state index in [2.05, 4.69) is 5.32 Å². The van der Waals surface area contributed by atoms with E-state index in [1.54, 1.807) is 12.1 Å². The summed E-state index contributed by atoms with van der Waals surface area (Å²) in [5, 5.41) is 3.14. The van der Waals surface area contributed by atoms with Gasteiger partial charge < -0.3 is 20.5 Å². The second-order valence-electron chi connectivity index (χ2n) is 5.15. The molecule has 1 amide bonds. The maximum absolute atomic E-state index is 12.3. The number of rotatable bonds is 7. The Morgan fingerprint density at radius 1 is 1.28 bits per heavy atom. The van der Waals surface area contributed by atoms with Gasteiger partial charge in [-0.1, -0.05) is 41.9 Å². The first-order valence-corrected chi connectivity index (χ1v) is 8.03. The van der Waals surface area contributed by atoms with Gasteiger partial charge in [-0.05, 0) is 24.6 Å². The zero-order valence-electron chi connectivity index (χ0n) is 14.1. The van der Waals surface area contributed by atoms with Gasteiger partial charge in [-0.25, -0.2) is 0 Å². The SMILES string of the molecule is CCOc1c(Cl)cc(C(=O)NCC(N)c2ccccc2)cc1OC.Cl. The molecular weight excluding hydrogens is 363 g/mol. The molecule has 136 valence electrons. The summed E-state index contributed by atoms with van der Waals surface area (Å²) >= 11 is 6.19. The third-order valence-electron chi connectivity index (χ3n) is 3.49. The minimum absolute atomic E-state index is 0. The van der Waals surface area contributed by atoms with Gasteiger partial charge in [0, 0.05) is 18.2 Å². The first-order chi connectivity index (χ1) is 11.6. The number of carbonyl (C=O) groups excluding carboxylic acids is 1. The monoisotopic (exact) mass is 384 g/mol. The number of carbonyl (C=O) groups is 1. The van der Waals surface area contributed by atoms with Crippen molar-refractivity contribution in [2.24, 2.45) is 5.73 Å². The van der Waals surface area contributed by atoms with Gasteiger partial charge in [-0.2, -0.15) is 0 Å². The number of amides is 1. The van der Waals surface area contributed by atoms with Crippen LogP contribution in [0.25, 0.3) is 0 Å². The van der Waals surface area contributed by atoms with E-state index in [0.717, 1.165) is 5.56 Å². The normalized spacial score (nSPS) is 11.2. The molecule has 0 aliphatic carbocycles. The molecule has 1 atom stereocenters. The van der Waals surface area contributed by atoms with E-state index >= 15 is 0 Å². The highest BCUT2D eigenvalue weighted by Crippen LogP contribution is 2.36. The smallest absolute Gasteiger partial charge is 0.251 e. The van der Waals surface area contributed by atoms with Crippen molar-refractivity contribution >= 4 is 29.9 Å². The van der Waals surface area contributed by atoms with Gasteiger partial charge in [0.25, 0.3) is 5.91 Å². The number of hydrogen-bond donors (Lipinski definition) is 2. The molecule has 0 saturated heterocycles. The molecule has 3 N–H and O–H groups in total. The highest BCUT2D eigenvalue weighted by molar-refractivity contribution is 6.32. The van der Waals surface area contributed by atoms with Crippen molar-refractivity contribution in [2.75, 3.05) is 20.3 Å². The van der Waals surface area contributed by atoms with Crippen molar-refractivity contribution in [3.8, 4) is 11.5 Å². The summed E-state index contributed by atoms with van der Waals surface area (Å²) < 4.78 is 10.7. The molecule has 2 rings (SSSR count). The van der Waals surface area contributed by atoms with Crippen LogP contribution in [-0.4, -0.2) is 26.2 Å². The lowest BCUT2D eigenvalue weighted by Crippen LogP contribution is -2.31. The van der Waals surface area contributed by atoms with Gasteiger partial charge in [0.1, 0.15) is 0 Å². The van der Waals surface area contributed by atoms with Crippen LogP contribution in [0.4, 0.5) is 0 Å². The lowest BCUT2D eigenvalue weighted by molar-refractivity contribution is 0.0951. The van der Waals surface area contributed by atoms with Crippen molar-refractivity contribution in [2.45, 2.75) is 13.0 Å². The average molecular weight is 385 g/mol. The third kappa shape index (κ3) is 5.53. The van der Waals surface area contributed by atoms with E-state index in [1.807, 2.05) is 37.3 Å². The summed E-state index contributed by atoms with van der Waals surface area (Å²) in [5.41, 5.74) is 7.43. The number of hydrogen-bond acceptors (Lipinski definition) is 4. The highest BCUT2D eigenvalue weighted by atomic mass is 35.5. The Morgan fingerprint density at radius 3 is 2.56 bits per heavy atom. The molecule has 2 aromatic carbocycles. The van der Waals surface area contributed by atoms with Gasteiger partial charge in [-0.15, -0.1) is 12.4 Å². The maximum Gasteiger partial charge on any atom is 0.251 e. The number of nitrogens with one attached hydrogen (secondary N) is 1. The molecule has 25 heavy (non-hydrogen) atoms. The standard InChI is InChI=1S/C18H21ClN2O3.ClH/c1-3-24-17-14(19)9-13(10-16(17)23-2)18(22)21-11-15(20)12-7-5-4-6-8-12;/h4-10,15H,3,11,20H2,1-2H3,(H,21,22);1H. The fraction of sp³-hybridized carbons (Fsp3) is 0.278. The van der Waals surface area contributed by atoms with Gasteiger partial charge in [0.15, 0.2) is 11.5 Å². The van der Waals surface area contributed by atoms with Crippen LogP contribution >= 0.6 is 24.0 Å². The van der Waals surface area contributed by atoms with Gasteiger partial charge in [-0.3, -0.25) is 4.79 Å². The minimum Gasteiger partial charge on any atom is -0.493 e. The Balaban J connectivity index is 0.00000312. The molecule has 0 aliphatic heterocycles. The van der Waals surface area contributed by atoms with Crippen molar-refractivity contribution in [3.05, 3.63) is 58.6 Å². The molecule has 0 fully saturated rings. The summed E-state index contributed by atoms with van der Waals surface area (Å²) in [4.78, 5) is 12.3. The molecule has 0 spiro atoms. The minimum atomic E-state index is -0.282. The van der Waals surface area contributed by atoms with Crippen LogP contribution < -0.4 is 20.5 Å². The van der Waals surface area contributed by atoms with E-state index in [-0.39, 0.29) is 24.4 Å². The van der Waals surface area contributed by atoms with Crippen LogP contribution in [0.3, 0.4) is 0 Å². The Labute approximate surface area is 158 Å². The quantitative estimate of drug-likeness (QED) is 0.764. The molecule has 0 aliphatic rings. The summed E-state index contributed by atoms with van der Waals surface area (Å²) in [6.45, 7) is 2.62. The zero-order valence-corrected chi connectivity index (χ0v) is 15.7. The molecule has 0 radical (unpaired) electrons. The van der Waals surface area contributed by atoms with Crippen LogP contribution in [0.2, 0.25) is 5.02 Å². The number of nitrogens with two attached hydrogens (primary N) is 1. The van der Waals surface area contributed by atoms with E-state index in [0.29, 0.717) is 35.2 Å². The van der Waals surface area contributed by atoms with E-state index < -0.39 is 0 Å². The predicted octanol–water partition coefficient (Wildman–Crippen LogP) is 3.60. The maximum atomic E-state index is 12.3. The van der Waals surface area contributed by atoms with Crippen LogP contribution in [-0.2, 0) is 0 Å².